The summed E-state index contributed by atoms with van der Waals surface area (Å²) in [5.41, 5.74) is 1.30. The zero-order chi connectivity index (χ0) is 19.6. The van der Waals surface area contributed by atoms with E-state index in [0.29, 0.717) is 17.2 Å². The summed E-state index contributed by atoms with van der Waals surface area (Å²) < 4.78 is 39.6. The van der Waals surface area contributed by atoms with Crippen molar-refractivity contribution in [3.63, 3.8) is 0 Å². The Morgan fingerprint density at radius 1 is 1.11 bits per heavy atom. The van der Waals surface area contributed by atoms with Crippen molar-refractivity contribution < 1.29 is 18.0 Å². The van der Waals surface area contributed by atoms with Gasteiger partial charge in [0.2, 0.25) is 0 Å². The number of halogens is 3. The molecule has 0 spiro atoms. The standard InChI is InChI=1S/C21H23F3N2O/c1-14-9-11-26(12-10-14)19-8-7-16(21(22,23)24)13-18(19)25-20(27)17-6-4-3-5-15(17)2/h3-8,13-14H,9-12H2,1-2H3,(H,25,27). The number of nitrogens with zero attached hydrogens (tertiary/aromatic N) is 1. The van der Waals surface area contributed by atoms with Gasteiger partial charge in [-0.15, -0.1) is 0 Å². The first kappa shape index (κ1) is 19.3. The van der Waals surface area contributed by atoms with E-state index in [0.717, 1.165) is 43.6 Å². The highest BCUT2D eigenvalue weighted by molar-refractivity contribution is 6.06. The molecule has 2 aromatic carbocycles. The SMILES string of the molecule is Cc1ccccc1C(=O)Nc1cc(C(F)(F)F)ccc1N1CCC(C)CC1. The maximum atomic E-state index is 13.2. The summed E-state index contributed by atoms with van der Waals surface area (Å²) in [6, 6.07) is 10.6. The fourth-order valence-corrected chi connectivity index (χ4v) is 3.36. The summed E-state index contributed by atoms with van der Waals surface area (Å²) >= 11 is 0. The first-order valence-electron chi connectivity index (χ1n) is 9.09. The molecule has 0 aliphatic carbocycles. The van der Waals surface area contributed by atoms with E-state index in [9.17, 15) is 18.0 Å². The minimum Gasteiger partial charge on any atom is -0.370 e. The Labute approximate surface area is 157 Å². The molecular formula is C21H23F3N2O. The minimum atomic E-state index is -4.46. The smallest absolute Gasteiger partial charge is 0.370 e. The summed E-state index contributed by atoms with van der Waals surface area (Å²) in [6.07, 6.45) is -2.50. The van der Waals surface area contributed by atoms with Crippen molar-refractivity contribution in [2.45, 2.75) is 32.9 Å². The number of benzene rings is 2. The fourth-order valence-electron chi connectivity index (χ4n) is 3.36. The molecule has 0 atom stereocenters. The van der Waals surface area contributed by atoms with Crippen LogP contribution in [-0.2, 0) is 6.18 Å². The number of rotatable bonds is 3. The van der Waals surface area contributed by atoms with Gasteiger partial charge >= 0.3 is 6.18 Å². The van der Waals surface area contributed by atoms with Crippen LogP contribution in [0.25, 0.3) is 0 Å². The minimum absolute atomic E-state index is 0.202. The molecule has 3 rings (SSSR count). The highest BCUT2D eigenvalue weighted by atomic mass is 19.4. The Balaban J connectivity index is 1.95. The summed E-state index contributed by atoms with van der Waals surface area (Å²) in [7, 11) is 0. The van der Waals surface area contributed by atoms with Crippen LogP contribution >= 0.6 is 0 Å². The quantitative estimate of drug-likeness (QED) is 0.767. The van der Waals surface area contributed by atoms with Crippen molar-refractivity contribution >= 4 is 17.3 Å². The van der Waals surface area contributed by atoms with E-state index in [1.807, 2.05) is 11.0 Å². The molecule has 2 aromatic rings. The highest BCUT2D eigenvalue weighted by Gasteiger charge is 2.32. The summed E-state index contributed by atoms with van der Waals surface area (Å²) in [5, 5.41) is 2.71. The number of hydrogen-bond donors (Lipinski definition) is 1. The van der Waals surface area contributed by atoms with Crippen molar-refractivity contribution in [3.05, 3.63) is 59.2 Å². The van der Waals surface area contributed by atoms with Gasteiger partial charge in [-0.1, -0.05) is 25.1 Å². The van der Waals surface area contributed by atoms with Crippen LogP contribution in [0, 0.1) is 12.8 Å². The molecule has 6 heteroatoms. The second-order valence-corrected chi connectivity index (χ2v) is 7.17. The lowest BCUT2D eigenvalue weighted by Gasteiger charge is -2.33. The molecule has 0 radical (unpaired) electrons. The van der Waals surface area contributed by atoms with Gasteiger partial charge in [0.05, 0.1) is 16.9 Å². The molecule has 0 bridgehead atoms. The highest BCUT2D eigenvalue weighted by Crippen LogP contribution is 2.37. The van der Waals surface area contributed by atoms with E-state index >= 15 is 0 Å². The van der Waals surface area contributed by atoms with Gasteiger partial charge in [0.1, 0.15) is 0 Å². The number of carbonyl (C=O) groups is 1. The van der Waals surface area contributed by atoms with E-state index in [1.165, 1.54) is 6.07 Å². The average molecular weight is 376 g/mol. The predicted octanol–water partition coefficient (Wildman–Crippen LogP) is 5.50. The second kappa shape index (κ2) is 7.62. The van der Waals surface area contributed by atoms with Gasteiger partial charge in [-0.2, -0.15) is 13.2 Å². The number of nitrogens with one attached hydrogen (secondary N) is 1. The molecule has 0 saturated carbocycles. The van der Waals surface area contributed by atoms with Gasteiger partial charge in [0, 0.05) is 18.7 Å². The van der Waals surface area contributed by atoms with E-state index in [1.54, 1.807) is 25.1 Å². The lowest BCUT2D eigenvalue weighted by Crippen LogP contribution is -2.33. The molecule has 1 aliphatic heterocycles. The molecule has 0 unspecified atom stereocenters. The largest absolute Gasteiger partial charge is 0.416 e. The number of amides is 1. The maximum absolute atomic E-state index is 13.2. The third-order valence-corrected chi connectivity index (χ3v) is 5.09. The molecule has 1 heterocycles. The van der Waals surface area contributed by atoms with Crippen LogP contribution in [0.4, 0.5) is 24.5 Å². The van der Waals surface area contributed by atoms with Crippen molar-refractivity contribution in [2.75, 3.05) is 23.3 Å². The Morgan fingerprint density at radius 3 is 2.41 bits per heavy atom. The molecule has 3 nitrogen and oxygen atoms in total. The Kier molecular flexibility index (Phi) is 5.44. The number of alkyl halides is 3. The summed E-state index contributed by atoms with van der Waals surface area (Å²) in [6.45, 7) is 5.50. The molecule has 0 aromatic heterocycles. The first-order chi connectivity index (χ1) is 12.8. The van der Waals surface area contributed by atoms with Crippen LogP contribution in [0.2, 0.25) is 0 Å². The van der Waals surface area contributed by atoms with Gasteiger partial charge in [0.15, 0.2) is 0 Å². The number of aryl methyl sites for hydroxylation is 1. The van der Waals surface area contributed by atoms with Crippen molar-refractivity contribution in [3.8, 4) is 0 Å². The normalized spacial score (nSPS) is 15.7. The van der Waals surface area contributed by atoms with E-state index in [2.05, 4.69) is 12.2 Å². The lowest BCUT2D eigenvalue weighted by atomic mass is 9.98. The van der Waals surface area contributed by atoms with Crippen molar-refractivity contribution in [1.82, 2.24) is 0 Å². The number of piperidine rings is 1. The Morgan fingerprint density at radius 2 is 1.78 bits per heavy atom. The van der Waals surface area contributed by atoms with E-state index < -0.39 is 17.6 Å². The van der Waals surface area contributed by atoms with Crippen LogP contribution in [0.5, 0.6) is 0 Å². The van der Waals surface area contributed by atoms with Crippen molar-refractivity contribution in [1.29, 1.82) is 0 Å². The molecule has 1 saturated heterocycles. The second-order valence-electron chi connectivity index (χ2n) is 7.17. The predicted molar refractivity (Wildman–Crippen MR) is 101 cm³/mol. The van der Waals surface area contributed by atoms with Gasteiger partial charge < -0.3 is 10.2 Å². The topological polar surface area (TPSA) is 32.3 Å². The number of carbonyl (C=O) groups excluding carboxylic acids is 1. The molecule has 1 N–H and O–H groups in total. The fraction of sp³-hybridized carbons (Fsp3) is 0.381. The van der Waals surface area contributed by atoms with Crippen LogP contribution in [0.3, 0.4) is 0 Å². The zero-order valence-corrected chi connectivity index (χ0v) is 15.4. The number of hydrogen-bond acceptors (Lipinski definition) is 2. The molecular weight excluding hydrogens is 353 g/mol. The number of anilines is 2. The first-order valence-corrected chi connectivity index (χ1v) is 9.09. The summed E-state index contributed by atoms with van der Waals surface area (Å²) in [5.74, 6) is 0.194. The molecule has 1 fully saturated rings. The third-order valence-electron chi connectivity index (χ3n) is 5.09. The molecule has 144 valence electrons. The molecule has 1 amide bonds. The van der Waals surface area contributed by atoms with Crippen LogP contribution in [0.1, 0.15) is 41.3 Å². The van der Waals surface area contributed by atoms with Crippen molar-refractivity contribution in [2.24, 2.45) is 5.92 Å². The van der Waals surface area contributed by atoms with Crippen LogP contribution in [-0.4, -0.2) is 19.0 Å². The lowest BCUT2D eigenvalue weighted by molar-refractivity contribution is -0.137. The van der Waals surface area contributed by atoms with Crippen LogP contribution in [0.15, 0.2) is 42.5 Å². The zero-order valence-electron chi connectivity index (χ0n) is 15.4. The van der Waals surface area contributed by atoms with Gasteiger partial charge in [-0.25, -0.2) is 0 Å². The Bertz CT molecular complexity index is 824. The van der Waals surface area contributed by atoms with E-state index in [-0.39, 0.29) is 5.69 Å². The molecule has 1 aliphatic rings. The van der Waals surface area contributed by atoms with Gasteiger partial charge in [-0.3, -0.25) is 4.79 Å². The maximum Gasteiger partial charge on any atom is 0.416 e. The van der Waals surface area contributed by atoms with Gasteiger partial charge in [-0.05, 0) is 55.5 Å². The Hall–Kier alpha value is -2.50. The average Bonchev–Trinajstić information content (AvgIpc) is 2.62. The summed E-state index contributed by atoms with van der Waals surface area (Å²) in [4.78, 5) is 14.7. The molecule has 27 heavy (non-hydrogen) atoms. The third kappa shape index (κ3) is 4.43. The van der Waals surface area contributed by atoms with Crippen LogP contribution < -0.4 is 10.2 Å². The van der Waals surface area contributed by atoms with Gasteiger partial charge in [0.25, 0.3) is 5.91 Å². The monoisotopic (exact) mass is 376 g/mol. The van der Waals surface area contributed by atoms with E-state index in [4.69, 9.17) is 0 Å².